The number of carbonyl (C=O) groups excluding carboxylic acids is 5. The van der Waals surface area contributed by atoms with E-state index in [2.05, 4.69) is 13.8 Å². The number of benzene rings is 2. The first-order valence-corrected chi connectivity index (χ1v) is 29.7. The third-order valence-electron chi connectivity index (χ3n) is 14.0. The standard InChI is InChI=1S/C59H90O16Si/c1-18-39(5)35-40(6)27-32-46(61)69-49-48(74-76(19-2,20-3)21-4)57(34-33-45(60)47(41(7)36-42-25-23-22-24-26-42)68-38-67-37-43-28-30-44(66-17)31-29-43)70-50(51(62)71-54(8,9)10)58(65,52(63)72-55(11,12)13)59(49,75-57)53(64)73-56(14,15)16/h22-32,39-41,47-50,65H,18-21,33-38H2,1-17H3/b32-27+/t39-,40+,41+,47-,48+,49+,50+,57-,58+,59-/m0/s1. The lowest BCUT2D eigenvalue weighted by molar-refractivity contribution is -0.377. The summed E-state index contributed by atoms with van der Waals surface area (Å²) < 4.78 is 63.2. The Kier molecular flexibility index (Phi) is 22.3. The van der Waals surface area contributed by atoms with Crippen molar-refractivity contribution < 1.29 is 76.1 Å². The van der Waals surface area contributed by atoms with E-state index in [1.165, 1.54) is 26.8 Å². The van der Waals surface area contributed by atoms with Crippen LogP contribution >= 0.6 is 0 Å². The minimum atomic E-state index is -3.51. The van der Waals surface area contributed by atoms with Crippen LogP contribution in [0.5, 0.6) is 5.75 Å². The molecule has 2 bridgehead atoms. The van der Waals surface area contributed by atoms with Gasteiger partial charge in [-0.3, -0.25) is 4.79 Å². The molecule has 0 aliphatic carbocycles. The minimum absolute atomic E-state index is 0.0861. The zero-order valence-corrected chi connectivity index (χ0v) is 49.5. The van der Waals surface area contributed by atoms with Gasteiger partial charge in [0.25, 0.3) is 5.60 Å². The van der Waals surface area contributed by atoms with E-state index in [0.29, 0.717) is 36.2 Å². The number of rotatable bonds is 27. The van der Waals surface area contributed by atoms with Crippen molar-refractivity contribution in [1.29, 1.82) is 0 Å². The van der Waals surface area contributed by atoms with Crippen molar-refractivity contribution in [1.82, 2.24) is 0 Å². The van der Waals surface area contributed by atoms with Gasteiger partial charge in [0.1, 0.15) is 41.6 Å². The lowest BCUT2D eigenvalue weighted by Crippen LogP contribution is -2.79. The fourth-order valence-corrected chi connectivity index (χ4v) is 12.6. The largest absolute Gasteiger partial charge is 0.497 e. The molecule has 2 saturated heterocycles. The molecule has 10 atom stereocenters. The summed E-state index contributed by atoms with van der Waals surface area (Å²) >= 11 is 0. The second-order valence-electron chi connectivity index (χ2n) is 23.7. The monoisotopic (exact) mass is 1080 g/mol. The van der Waals surface area contributed by atoms with E-state index in [1.54, 1.807) is 54.7 Å². The molecule has 2 fully saturated rings. The van der Waals surface area contributed by atoms with Gasteiger partial charge in [-0.25, -0.2) is 19.2 Å². The Balaban J connectivity index is 2.03. The average Bonchev–Trinajstić information content (AvgIpc) is 3.57. The van der Waals surface area contributed by atoms with Crippen LogP contribution in [-0.4, -0.2) is 115 Å². The predicted molar refractivity (Wildman–Crippen MR) is 289 cm³/mol. The first kappa shape index (κ1) is 64.0. The Bertz CT molecular complexity index is 2250. The van der Waals surface area contributed by atoms with Crippen molar-refractivity contribution in [3.63, 3.8) is 0 Å². The molecule has 426 valence electrons. The Labute approximate surface area is 453 Å². The summed E-state index contributed by atoms with van der Waals surface area (Å²) in [7, 11) is -1.44. The molecule has 2 aliphatic heterocycles. The van der Waals surface area contributed by atoms with E-state index in [9.17, 15) is 14.7 Å². The molecule has 0 amide bonds. The minimum Gasteiger partial charge on any atom is -0.497 e. The first-order chi connectivity index (χ1) is 35.4. The van der Waals surface area contributed by atoms with E-state index < -0.39 is 115 Å². The van der Waals surface area contributed by atoms with Gasteiger partial charge in [0.15, 0.2) is 20.2 Å². The summed E-state index contributed by atoms with van der Waals surface area (Å²) in [5.74, 6) is -7.53. The summed E-state index contributed by atoms with van der Waals surface area (Å²) in [5.41, 5.74) is -8.84. The lowest BCUT2D eigenvalue weighted by Gasteiger charge is -2.51. The van der Waals surface area contributed by atoms with Crippen LogP contribution in [-0.2, 0) is 79.3 Å². The molecule has 17 heteroatoms. The Morgan fingerprint density at radius 3 is 1.88 bits per heavy atom. The third kappa shape index (κ3) is 16.1. The number of hydrogen-bond donors (Lipinski definition) is 1. The van der Waals surface area contributed by atoms with Crippen LogP contribution in [0.3, 0.4) is 0 Å². The smallest absolute Gasteiger partial charge is 0.347 e. The van der Waals surface area contributed by atoms with Gasteiger partial charge >= 0.3 is 23.9 Å². The Morgan fingerprint density at radius 1 is 0.763 bits per heavy atom. The molecule has 2 heterocycles. The molecule has 2 aromatic rings. The van der Waals surface area contributed by atoms with Gasteiger partial charge in [-0.15, -0.1) is 0 Å². The Hall–Kier alpha value is -4.49. The third-order valence-corrected chi connectivity index (χ3v) is 18.7. The normalized spacial score (nSPS) is 24.5. The van der Waals surface area contributed by atoms with Gasteiger partial charge in [-0.05, 0) is 134 Å². The molecule has 0 aromatic heterocycles. The molecule has 0 spiro atoms. The van der Waals surface area contributed by atoms with Gasteiger partial charge in [0.2, 0.25) is 17.5 Å². The van der Waals surface area contributed by atoms with Gasteiger partial charge in [0.05, 0.1) is 13.7 Å². The number of allylic oxidation sites excluding steroid dienone is 1. The average molecular weight is 1080 g/mol. The van der Waals surface area contributed by atoms with Gasteiger partial charge in [-0.2, -0.15) is 0 Å². The molecular weight excluding hydrogens is 993 g/mol. The van der Waals surface area contributed by atoms with E-state index >= 15 is 14.4 Å². The molecule has 0 radical (unpaired) electrons. The highest BCUT2D eigenvalue weighted by Crippen LogP contribution is 2.59. The maximum absolute atomic E-state index is 15.7. The number of ether oxygens (including phenoxy) is 9. The second-order valence-corrected chi connectivity index (χ2v) is 28.4. The zero-order valence-electron chi connectivity index (χ0n) is 48.5. The van der Waals surface area contributed by atoms with Crippen molar-refractivity contribution in [3.05, 3.63) is 77.9 Å². The van der Waals surface area contributed by atoms with Crippen LogP contribution in [0.25, 0.3) is 0 Å². The number of carbonyl (C=O) groups is 5. The van der Waals surface area contributed by atoms with Crippen LogP contribution in [0, 0.1) is 17.8 Å². The first-order valence-electron chi connectivity index (χ1n) is 27.1. The number of methoxy groups -OCH3 is 1. The van der Waals surface area contributed by atoms with Crippen LogP contribution in [0.2, 0.25) is 18.1 Å². The molecule has 0 saturated carbocycles. The van der Waals surface area contributed by atoms with Gasteiger partial charge in [-0.1, -0.05) is 103 Å². The van der Waals surface area contributed by atoms with Crippen molar-refractivity contribution in [2.24, 2.45) is 17.8 Å². The van der Waals surface area contributed by atoms with Crippen LogP contribution < -0.4 is 4.74 Å². The maximum atomic E-state index is 15.7. The molecule has 2 aromatic carbocycles. The van der Waals surface area contributed by atoms with Gasteiger partial charge in [0, 0.05) is 18.9 Å². The SMILES string of the molecule is CC[C@H](C)C[C@H](C)/C=C/C(=O)O[C@@H]1[C@@H](O[Si](CC)(CC)CC)[C@@]2(CCC(=O)[C@@H](OCOCc3ccc(OC)cc3)[C@H](C)Cc3ccccc3)O[C@H](C(=O)OC(C)(C)C)[C@@](O)(C(=O)OC(C)(C)C)[C@]1(C(=O)OC(C)(C)C)O2. The fraction of sp³-hybridized carbons (Fsp3) is 0.678. The summed E-state index contributed by atoms with van der Waals surface area (Å²) in [6.45, 7) is 27.8. The quantitative estimate of drug-likeness (QED) is 0.0221. The zero-order chi connectivity index (χ0) is 57.1. The molecule has 0 unspecified atom stereocenters. The predicted octanol–water partition coefficient (Wildman–Crippen LogP) is 10.3. The molecule has 16 nitrogen and oxygen atoms in total. The van der Waals surface area contributed by atoms with E-state index in [1.807, 2.05) is 89.2 Å². The molecule has 1 N–H and O–H groups in total. The summed E-state index contributed by atoms with van der Waals surface area (Å²) in [6.07, 6.45) is -3.19. The summed E-state index contributed by atoms with van der Waals surface area (Å²) in [4.78, 5) is 75.7. The van der Waals surface area contributed by atoms with Crippen LogP contribution in [0.1, 0.15) is 148 Å². The highest BCUT2D eigenvalue weighted by atomic mass is 28.4. The summed E-state index contributed by atoms with van der Waals surface area (Å²) in [6, 6.07) is 18.5. The van der Waals surface area contributed by atoms with Crippen LogP contribution in [0.15, 0.2) is 66.7 Å². The topological polar surface area (TPSA) is 198 Å². The highest BCUT2D eigenvalue weighted by Gasteiger charge is 2.87. The van der Waals surface area contributed by atoms with E-state index in [0.717, 1.165) is 24.0 Å². The number of fused-ring (bicyclic) bond motifs is 2. The fourth-order valence-electron chi connectivity index (χ4n) is 9.77. The van der Waals surface area contributed by atoms with Crippen molar-refractivity contribution in [3.8, 4) is 5.75 Å². The number of esters is 4. The van der Waals surface area contributed by atoms with Crippen molar-refractivity contribution >= 4 is 38.0 Å². The van der Waals surface area contributed by atoms with E-state index in [-0.39, 0.29) is 19.3 Å². The highest BCUT2D eigenvalue weighted by molar-refractivity contribution is 6.73. The second kappa shape index (κ2) is 26.4. The summed E-state index contributed by atoms with van der Waals surface area (Å²) in [5, 5.41) is 13.7. The Morgan fingerprint density at radius 2 is 1.34 bits per heavy atom. The maximum Gasteiger partial charge on any atom is 0.347 e. The van der Waals surface area contributed by atoms with Gasteiger partial charge < -0.3 is 52.2 Å². The molecule has 76 heavy (non-hydrogen) atoms. The van der Waals surface area contributed by atoms with Crippen molar-refractivity contribution in [2.75, 3.05) is 13.9 Å². The molecule has 2 aliphatic rings. The lowest BCUT2D eigenvalue weighted by atomic mass is 9.74. The number of aliphatic hydroxyl groups is 1. The molecular formula is C59H90O16Si. The van der Waals surface area contributed by atoms with Crippen LogP contribution in [0.4, 0.5) is 0 Å². The number of Topliss-reactive ketones (excluding diaryl/α,β-unsaturated/α-hetero) is 1. The van der Waals surface area contributed by atoms with Crippen molar-refractivity contribution in [2.45, 2.75) is 226 Å². The number of ketones is 1. The van der Waals surface area contributed by atoms with E-state index in [4.69, 9.17) is 47.1 Å². The number of hydrogen-bond acceptors (Lipinski definition) is 16. The molecule has 4 rings (SSSR count).